The van der Waals surface area contributed by atoms with Crippen molar-refractivity contribution < 1.29 is 23.9 Å². The highest BCUT2D eigenvalue weighted by atomic mass is 19.1. The van der Waals surface area contributed by atoms with Crippen molar-refractivity contribution in [3.05, 3.63) is 30.1 Å². The number of carboxylic acids is 1. The fourth-order valence-electron chi connectivity index (χ4n) is 3.84. The van der Waals surface area contributed by atoms with Crippen molar-refractivity contribution in [1.82, 2.24) is 4.90 Å². The number of amides is 2. The molecule has 2 heterocycles. The number of rotatable bonds is 5. The zero-order chi connectivity index (χ0) is 18.7. The van der Waals surface area contributed by atoms with E-state index in [1.165, 1.54) is 17.0 Å². The van der Waals surface area contributed by atoms with E-state index in [1.807, 2.05) is 0 Å². The average Bonchev–Trinajstić information content (AvgIpc) is 3.02. The Labute approximate surface area is 151 Å². The maximum absolute atomic E-state index is 13.1. The lowest BCUT2D eigenvalue weighted by atomic mass is 9.92. The summed E-state index contributed by atoms with van der Waals surface area (Å²) in [7, 11) is 0. The molecule has 0 bridgehead atoms. The predicted octanol–water partition coefficient (Wildman–Crippen LogP) is 2.28. The third-order valence-corrected chi connectivity index (χ3v) is 5.24. The van der Waals surface area contributed by atoms with Crippen LogP contribution in [0.25, 0.3) is 0 Å². The van der Waals surface area contributed by atoms with Gasteiger partial charge in [-0.25, -0.2) is 4.39 Å². The van der Waals surface area contributed by atoms with Gasteiger partial charge in [-0.05, 0) is 55.9 Å². The highest BCUT2D eigenvalue weighted by molar-refractivity contribution is 6.09. The number of hydrogen-bond acceptors (Lipinski definition) is 3. The van der Waals surface area contributed by atoms with Crippen LogP contribution in [0, 0.1) is 17.7 Å². The zero-order valence-corrected chi connectivity index (χ0v) is 14.6. The first kappa shape index (κ1) is 18.4. The van der Waals surface area contributed by atoms with Crippen LogP contribution in [0.2, 0.25) is 0 Å². The first-order valence-corrected chi connectivity index (χ1v) is 9.03. The van der Waals surface area contributed by atoms with Gasteiger partial charge in [-0.2, -0.15) is 0 Å². The van der Waals surface area contributed by atoms with Crippen molar-refractivity contribution in [2.75, 3.05) is 24.5 Å². The van der Waals surface area contributed by atoms with Gasteiger partial charge in [0.1, 0.15) is 11.7 Å². The number of hydrogen-bond donors (Lipinski definition) is 1. The largest absolute Gasteiger partial charge is 0.481 e. The van der Waals surface area contributed by atoms with Gasteiger partial charge in [0.05, 0.1) is 0 Å². The number of carboxylic acid groups (broad SMARTS) is 1. The number of carbonyl (C=O) groups excluding carboxylic acids is 2. The summed E-state index contributed by atoms with van der Waals surface area (Å²) in [5, 5.41) is 8.83. The highest BCUT2D eigenvalue weighted by Crippen LogP contribution is 2.29. The monoisotopic (exact) mass is 362 g/mol. The van der Waals surface area contributed by atoms with Crippen molar-refractivity contribution in [3.8, 4) is 0 Å². The molecule has 2 fully saturated rings. The van der Waals surface area contributed by atoms with Crippen LogP contribution < -0.4 is 4.90 Å². The molecule has 26 heavy (non-hydrogen) atoms. The van der Waals surface area contributed by atoms with Crippen molar-refractivity contribution in [2.24, 2.45) is 11.8 Å². The van der Waals surface area contributed by atoms with E-state index >= 15 is 0 Å². The summed E-state index contributed by atoms with van der Waals surface area (Å²) >= 11 is 0. The quantitative estimate of drug-likeness (QED) is 0.815. The van der Waals surface area contributed by atoms with E-state index in [0.717, 1.165) is 12.8 Å². The number of carbonyl (C=O) groups is 3. The van der Waals surface area contributed by atoms with Crippen LogP contribution in [0.15, 0.2) is 24.3 Å². The lowest BCUT2D eigenvalue weighted by molar-refractivity contribution is -0.141. The lowest BCUT2D eigenvalue weighted by Gasteiger charge is -2.34. The number of piperidine rings is 1. The minimum atomic E-state index is -0.825. The Bertz CT molecular complexity index is 691. The SMILES string of the molecule is O=C(O)CCC1CCCN(C(=O)C2CCN(c3ccc(F)cc3)C2=O)C1. The first-order valence-electron chi connectivity index (χ1n) is 9.03. The molecule has 1 N–H and O–H groups in total. The van der Waals surface area contributed by atoms with E-state index in [-0.39, 0.29) is 30.0 Å². The number of benzene rings is 1. The molecule has 0 aliphatic carbocycles. The van der Waals surface area contributed by atoms with Crippen molar-refractivity contribution in [1.29, 1.82) is 0 Å². The van der Waals surface area contributed by atoms with Crippen LogP contribution >= 0.6 is 0 Å². The van der Waals surface area contributed by atoms with E-state index in [2.05, 4.69) is 0 Å². The molecular weight excluding hydrogens is 339 g/mol. The van der Waals surface area contributed by atoms with Crippen LogP contribution in [0.1, 0.15) is 32.1 Å². The molecule has 0 radical (unpaired) electrons. The third-order valence-electron chi connectivity index (χ3n) is 5.24. The normalized spacial score (nSPS) is 23.3. The van der Waals surface area contributed by atoms with Crippen LogP contribution in [0.5, 0.6) is 0 Å². The van der Waals surface area contributed by atoms with Gasteiger partial charge in [0.25, 0.3) is 0 Å². The molecule has 2 aliphatic rings. The summed E-state index contributed by atoms with van der Waals surface area (Å²) in [6.07, 6.45) is 2.86. The predicted molar refractivity (Wildman–Crippen MR) is 93.0 cm³/mol. The molecule has 1 aromatic carbocycles. The van der Waals surface area contributed by atoms with Gasteiger partial charge in [0.15, 0.2) is 0 Å². The first-order chi connectivity index (χ1) is 12.5. The number of halogens is 1. The summed E-state index contributed by atoms with van der Waals surface area (Å²) in [5.74, 6) is -2.12. The van der Waals surface area contributed by atoms with Crippen LogP contribution in [0.4, 0.5) is 10.1 Å². The van der Waals surface area contributed by atoms with Crippen molar-refractivity contribution in [3.63, 3.8) is 0 Å². The van der Waals surface area contributed by atoms with E-state index in [0.29, 0.717) is 38.2 Å². The molecule has 7 heteroatoms. The molecule has 2 aliphatic heterocycles. The van der Waals surface area contributed by atoms with Gasteiger partial charge >= 0.3 is 5.97 Å². The molecule has 0 saturated carbocycles. The number of anilines is 1. The highest BCUT2D eigenvalue weighted by Gasteiger charge is 2.40. The minimum absolute atomic E-state index is 0.105. The van der Waals surface area contributed by atoms with Crippen LogP contribution in [-0.2, 0) is 14.4 Å². The van der Waals surface area contributed by atoms with Gasteiger partial charge in [0.2, 0.25) is 11.8 Å². The smallest absolute Gasteiger partial charge is 0.303 e. The van der Waals surface area contributed by atoms with E-state index in [1.54, 1.807) is 17.0 Å². The van der Waals surface area contributed by atoms with E-state index in [9.17, 15) is 18.8 Å². The van der Waals surface area contributed by atoms with Crippen molar-refractivity contribution >= 4 is 23.5 Å². The molecule has 2 saturated heterocycles. The summed E-state index contributed by atoms with van der Waals surface area (Å²) in [6.45, 7) is 1.58. The van der Waals surface area contributed by atoms with Crippen molar-refractivity contribution in [2.45, 2.75) is 32.1 Å². The Hall–Kier alpha value is -2.44. The van der Waals surface area contributed by atoms with Gasteiger partial charge < -0.3 is 14.9 Å². The minimum Gasteiger partial charge on any atom is -0.481 e. The summed E-state index contributed by atoms with van der Waals surface area (Å²) in [5.41, 5.74) is 0.602. The Kier molecular flexibility index (Phi) is 5.54. The Morgan fingerprint density at radius 2 is 1.88 bits per heavy atom. The second-order valence-corrected chi connectivity index (χ2v) is 7.03. The topological polar surface area (TPSA) is 77.9 Å². The second kappa shape index (κ2) is 7.85. The number of likely N-dealkylation sites (tertiary alicyclic amines) is 1. The van der Waals surface area contributed by atoms with E-state index in [4.69, 9.17) is 5.11 Å². The number of nitrogens with zero attached hydrogens (tertiary/aromatic N) is 2. The summed E-state index contributed by atoms with van der Waals surface area (Å²) in [6, 6.07) is 5.69. The lowest BCUT2D eigenvalue weighted by Crippen LogP contribution is -2.45. The molecule has 140 valence electrons. The maximum atomic E-state index is 13.1. The van der Waals surface area contributed by atoms with Crippen LogP contribution in [-0.4, -0.2) is 47.4 Å². The second-order valence-electron chi connectivity index (χ2n) is 7.03. The molecule has 2 unspecified atom stereocenters. The Morgan fingerprint density at radius 1 is 1.15 bits per heavy atom. The Balaban J connectivity index is 1.62. The Morgan fingerprint density at radius 3 is 2.58 bits per heavy atom. The molecule has 2 amide bonds. The molecule has 0 spiro atoms. The fourth-order valence-corrected chi connectivity index (χ4v) is 3.84. The summed E-state index contributed by atoms with van der Waals surface area (Å²) < 4.78 is 13.1. The van der Waals surface area contributed by atoms with Gasteiger partial charge in [-0.15, -0.1) is 0 Å². The van der Waals surface area contributed by atoms with Crippen LogP contribution in [0.3, 0.4) is 0 Å². The molecule has 0 aromatic heterocycles. The maximum Gasteiger partial charge on any atom is 0.303 e. The third kappa shape index (κ3) is 4.03. The summed E-state index contributed by atoms with van der Waals surface area (Å²) in [4.78, 5) is 39.5. The standard InChI is InChI=1S/C19H23FN2O4/c20-14-4-6-15(7-5-14)22-11-9-16(19(22)26)18(25)21-10-1-2-13(12-21)3-8-17(23)24/h4-7,13,16H,1-3,8-12H2,(H,23,24). The average molecular weight is 362 g/mol. The fraction of sp³-hybridized carbons (Fsp3) is 0.526. The molecular formula is C19H23FN2O4. The molecule has 1 aromatic rings. The van der Waals surface area contributed by atoms with E-state index < -0.39 is 11.9 Å². The zero-order valence-electron chi connectivity index (χ0n) is 14.6. The number of aliphatic carboxylic acids is 1. The molecule has 2 atom stereocenters. The molecule has 3 rings (SSSR count). The van der Waals surface area contributed by atoms with Gasteiger partial charge in [-0.1, -0.05) is 0 Å². The van der Waals surface area contributed by atoms with Gasteiger partial charge in [-0.3, -0.25) is 14.4 Å². The molecule has 6 nitrogen and oxygen atoms in total. The van der Waals surface area contributed by atoms with Gasteiger partial charge in [0, 0.05) is 31.7 Å².